The SMILES string of the molecule is CC(C)C1(C(C)C)C2CC3C1S(=O)(=O)OC3(C)C2. The van der Waals surface area contributed by atoms with Gasteiger partial charge in [0.2, 0.25) is 0 Å². The minimum atomic E-state index is -3.39. The summed E-state index contributed by atoms with van der Waals surface area (Å²) in [4.78, 5) is 0. The molecule has 1 aliphatic heterocycles. The lowest BCUT2D eigenvalue weighted by atomic mass is 9.57. The highest BCUT2D eigenvalue weighted by molar-refractivity contribution is 7.87. The zero-order valence-electron chi connectivity index (χ0n) is 11.9. The van der Waals surface area contributed by atoms with Crippen molar-refractivity contribution in [1.29, 1.82) is 0 Å². The maximum Gasteiger partial charge on any atom is 0.271 e. The van der Waals surface area contributed by atoms with Crippen LogP contribution in [0.2, 0.25) is 0 Å². The summed E-state index contributed by atoms with van der Waals surface area (Å²) >= 11 is 0. The van der Waals surface area contributed by atoms with E-state index >= 15 is 0 Å². The predicted molar refractivity (Wildman–Crippen MR) is 70.5 cm³/mol. The highest BCUT2D eigenvalue weighted by Crippen LogP contribution is 2.71. The molecular formula is C14H24O3S. The minimum absolute atomic E-state index is 0.0838. The van der Waals surface area contributed by atoms with Gasteiger partial charge in [0.1, 0.15) is 0 Å². The van der Waals surface area contributed by atoms with Crippen LogP contribution in [0.3, 0.4) is 0 Å². The van der Waals surface area contributed by atoms with Gasteiger partial charge >= 0.3 is 0 Å². The molecule has 0 spiro atoms. The molecule has 2 bridgehead atoms. The Morgan fingerprint density at radius 3 is 2.22 bits per heavy atom. The van der Waals surface area contributed by atoms with E-state index in [1.54, 1.807) is 0 Å². The second-order valence-electron chi connectivity index (χ2n) is 7.36. The molecule has 3 aliphatic rings. The summed E-state index contributed by atoms with van der Waals surface area (Å²) in [6.07, 6.45) is 1.96. The third kappa shape index (κ3) is 1.17. The van der Waals surface area contributed by atoms with Crippen LogP contribution in [-0.2, 0) is 14.3 Å². The van der Waals surface area contributed by atoms with E-state index in [1.165, 1.54) is 0 Å². The van der Waals surface area contributed by atoms with Crippen LogP contribution in [0.15, 0.2) is 0 Å². The second kappa shape index (κ2) is 3.32. The van der Waals surface area contributed by atoms with Gasteiger partial charge in [0.25, 0.3) is 10.1 Å². The second-order valence-corrected chi connectivity index (χ2v) is 9.02. The molecule has 1 saturated heterocycles. The molecule has 0 aromatic rings. The van der Waals surface area contributed by atoms with Gasteiger partial charge < -0.3 is 0 Å². The fourth-order valence-electron chi connectivity index (χ4n) is 5.82. The van der Waals surface area contributed by atoms with Crippen molar-refractivity contribution < 1.29 is 12.6 Å². The van der Waals surface area contributed by atoms with E-state index in [1.807, 2.05) is 6.92 Å². The molecule has 0 radical (unpaired) electrons. The van der Waals surface area contributed by atoms with Gasteiger partial charge in [-0.15, -0.1) is 0 Å². The van der Waals surface area contributed by atoms with Crippen LogP contribution in [0.5, 0.6) is 0 Å². The summed E-state index contributed by atoms with van der Waals surface area (Å²) in [6.45, 7) is 10.7. The van der Waals surface area contributed by atoms with Crippen LogP contribution in [0, 0.1) is 29.1 Å². The molecule has 0 N–H and O–H groups in total. The van der Waals surface area contributed by atoms with Crippen molar-refractivity contribution >= 4 is 10.1 Å². The summed E-state index contributed by atoms with van der Waals surface area (Å²) in [5.41, 5.74) is -0.485. The van der Waals surface area contributed by atoms with E-state index in [2.05, 4.69) is 27.7 Å². The molecule has 2 aliphatic carbocycles. The van der Waals surface area contributed by atoms with Crippen molar-refractivity contribution in [2.24, 2.45) is 29.1 Å². The zero-order chi connectivity index (χ0) is 13.5. The normalized spacial score (nSPS) is 47.4. The first-order valence-corrected chi connectivity index (χ1v) is 8.58. The van der Waals surface area contributed by atoms with Crippen molar-refractivity contribution in [2.75, 3.05) is 0 Å². The number of hydrogen-bond acceptors (Lipinski definition) is 3. The fourth-order valence-corrected chi connectivity index (χ4v) is 8.68. The predicted octanol–water partition coefficient (Wildman–Crippen LogP) is 2.81. The summed E-state index contributed by atoms with van der Waals surface area (Å²) in [5, 5.41) is -0.270. The molecule has 104 valence electrons. The Labute approximate surface area is 110 Å². The Balaban J connectivity index is 2.21. The van der Waals surface area contributed by atoms with Gasteiger partial charge in [-0.1, -0.05) is 27.7 Å². The van der Waals surface area contributed by atoms with Crippen molar-refractivity contribution in [3.8, 4) is 0 Å². The van der Waals surface area contributed by atoms with E-state index in [-0.39, 0.29) is 16.6 Å². The monoisotopic (exact) mass is 272 g/mol. The summed E-state index contributed by atoms with van der Waals surface area (Å²) < 4.78 is 30.5. The third-order valence-electron chi connectivity index (χ3n) is 6.16. The lowest BCUT2D eigenvalue weighted by Gasteiger charge is -2.48. The first kappa shape index (κ1) is 12.9. The Hall–Kier alpha value is -0.0900. The van der Waals surface area contributed by atoms with Gasteiger partial charge in [0.05, 0.1) is 10.9 Å². The van der Waals surface area contributed by atoms with Crippen LogP contribution in [0.1, 0.15) is 47.5 Å². The molecule has 4 unspecified atom stereocenters. The van der Waals surface area contributed by atoms with Gasteiger partial charge in [0.15, 0.2) is 0 Å². The summed E-state index contributed by atoms with van der Waals surface area (Å²) in [6, 6.07) is 0. The maximum absolute atomic E-state index is 12.5. The smallest absolute Gasteiger partial charge is 0.263 e. The molecule has 18 heavy (non-hydrogen) atoms. The fraction of sp³-hybridized carbons (Fsp3) is 1.00. The zero-order valence-corrected chi connectivity index (χ0v) is 12.8. The Bertz CT molecular complexity index is 471. The molecule has 1 heterocycles. The lowest BCUT2D eigenvalue weighted by Crippen LogP contribution is -2.51. The van der Waals surface area contributed by atoms with Crippen molar-refractivity contribution in [3.05, 3.63) is 0 Å². The number of fused-ring (bicyclic) bond motifs is 1. The quantitative estimate of drug-likeness (QED) is 0.726. The molecule has 3 nitrogen and oxygen atoms in total. The number of rotatable bonds is 2. The van der Waals surface area contributed by atoms with Crippen LogP contribution in [-0.4, -0.2) is 19.3 Å². The van der Waals surface area contributed by atoms with Gasteiger partial charge in [-0.2, -0.15) is 8.42 Å². The molecular weight excluding hydrogens is 248 g/mol. The molecule has 3 rings (SSSR count). The van der Waals surface area contributed by atoms with E-state index in [0.717, 1.165) is 12.8 Å². The Morgan fingerprint density at radius 2 is 1.72 bits per heavy atom. The van der Waals surface area contributed by atoms with Gasteiger partial charge in [-0.3, -0.25) is 4.18 Å². The third-order valence-corrected chi connectivity index (χ3v) is 8.13. The van der Waals surface area contributed by atoms with E-state index in [9.17, 15) is 8.42 Å². The average molecular weight is 272 g/mol. The molecule has 3 fully saturated rings. The van der Waals surface area contributed by atoms with Crippen molar-refractivity contribution in [3.63, 3.8) is 0 Å². The summed E-state index contributed by atoms with van der Waals surface area (Å²) in [7, 11) is -3.39. The van der Waals surface area contributed by atoms with Crippen LogP contribution < -0.4 is 0 Å². The minimum Gasteiger partial charge on any atom is -0.263 e. The standard InChI is InChI=1S/C14H24O3S/c1-8(2)14(9(3)4)10-6-11-12(14)18(15,16)17-13(11,5)7-10/h8-12H,6-7H2,1-5H3. The van der Waals surface area contributed by atoms with Crippen molar-refractivity contribution in [2.45, 2.75) is 58.3 Å². The highest BCUT2D eigenvalue weighted by atomic mass is 32.2. The van der Waals surface area contributed by atoms with Gasteiger partial charge in [-0.25, -0.2) is 0 Å². The molecule has 0 amide bonds. The van der Waals surface area contributed by atoms with E-state index < -0.39 is 15.7 Å². The molecule has 0 aromatic heterocycles. The van der Waals surface area contributed by atoms with E-state index in [0.29, 0.717) is 17.8 Å². The lowest BCUT2D eigenvalue weighted by molar-refractivity contribution is -0.00615. The molecule has 2 saturated carbocycles. The van der Waals surface area contributed by atoms with Gasteiger partial charge in [-0.05, 0) is 42.9 Å². The first-order chi connectivity index (χ1) is 8.16. The topological polar surface area (TPSA) is 43.4 Å². The van der Waals surface area contributed by atoms with Crippen LogP contribution >= 0.6 is 0 Å². The van der Waals surface area contributed by atoms with Crippen LogP contribution in [0.4, 0.5) is 0 Å². The Morgan fingerprint density at radius 1 is 1.17 bits per heavy atom. The first-order valence-electron chi connectivity index (χ1n) is 7.10. The Kier molecular flexibility index (Phi) is 2.38. The van der Waals surface area contributed by atoms with Gasteiger partial charge in [0, 0.05) is 5.92 Å². The maximum atomic E-state index is 12.5. The summed E-state index contributed by atoms with van der Waals surface area (Å²) in [5.74, 6) is 1.50. The highest BCUT2D eigenvalue weighted by Gasteiger charge is 2.76. The average Bonchev–Trinajstić information content (AvgIpc) is 2.70. The largest absolute Gasteiger partial charge is 0.271 e. The number of hydrogen-bond donors (Lipinski definition) is 0. The van der Waals surface area contributed by atoms with Crippen molar-refractivity contribution in [1.82, 2.24) is 0 Å². The molecule has 4 heteroatoms. The molecule has 0 aromatic carbocycles. The van der Waals surface area contributed by atoms with E-state index in [4.69, 9.17) is 4.18 Å². The van der Waals surface area contributed by atoms with Crippen LogP contribution in [0.25, 0.3) is 0 Å². The molecule has 4 atom stereocenters.